The average Bonchev–Trinajstić information content (AvgIpc) is 3.15. The summed E-state index contributed by atoms with van der Waals surface area (Å²) in [6, 6.07) is 22.3. The lowest BCUT2D eigenvalue weighted by molar-refractivity contribution is -0.192. The molecule has 1 spiro atoms. The summed E-state index contributed by atoms with van der Waals surface area (Å²) in [5.74, 6) is -2.15. The van der Waals surface area contributed by atoms with Gasteiger partial charge < -0.3 is 15.7 Å². The molecule has 3 N–H and O–H groups in total. The number of halogens is 3. The summed E-state index contributed by atoms with van der Waals surface area (Å²) < 4.78 is 33.3. The van der Waals surface area contributed by atoms with Gasteiger partial charge in [0.1, 0.15) is 12.4 Å². The molecule has 0 atom stereocenters. The number of carbonyl (C=O) groups is 2. The normalized spacial score (nSPS) is 16.5. The fraction of sp³-hybridized carbons (Fsp3) is 0.320. The first-order chi connectivity index (χ1) is 17.0. The SMILES string of the molecule is Nc1cc(-c2ccccc2)nn1CC(=O)N1CC2(CN(Cc3ccccc3)C2)C1.O=C(O)C(F)(F)F. The Balaban J connectivity index is 0.000000384. The van der Waals surface area contributed by atoms with Crippen LogP contribution in [-0.2, 0) is 22.7 Å². The molecule has 2 fully saturated rings. The maximum absolute atomic E-state index is 12.7. The van der Waals surface area contributed by atoms with E-state index in [1.54, 1.807) is 4.68 Å². The summed E-state index contributed by atoms with van der Waals surface area (Å²) in [5, 5.41) is 11.7. The number of carboxylic acids is 1. The molecule has 0 saturated carbocycles. The van der Waals surface area contributed by atoms with Crippen LogP contribution in [0.15, 0.2) is 66.7 Å². The van der Waals surface area contributed by atoms with E-state index in [9.17, 15) is 18.0 Å². The van der Waals surface area contributed by atoms with Crippen molar-refractivity contribution in [1.29, 1.82) is 0 Å². The highest BCUT2D eigenvalue weighted by molar-refractivity contribution is 5.78. The second-order valence-electron chi connectivity index (χ2n) is 9.16. The Labute approximate surface area is 205 Å². The average molecular weight is 502 g/mol. The number of carboxylic acid groups (broad SMARTS) is 1. The third-order valence-electron chi connectivity index (χ3n) is 6.18. The number of aliphatic carboxylic acids is 1. The highest BCUT2D eigenvalue weighted by Gasteiger charge is 2.52. The van der Waals surface area contributed by atoms with Crippen molar-refractivity contribution in [2.24, 2.45) is 5.41 Å². The van der Waals surface area contributed by atoms with E-state index in [0.29, 0.717) is 5.82 Å². The Morgan fingerprint density at radius 3 is 2.08 bits per heavy atom. The Morgan fingerprint density at radius 2 is 1.53 bits per heavy atom. The predicted octanol–water partition coefficient (Wildman–Crippen LogP) is 3.11. The van der Waals surface area contributed by atoms with Crippen LogP contribution in [0.1, 0.15) is 5.56 Å². The number of alkyl halides is 3. The predicted molar refractivity (Wildman–Crippen MR) is 126 cm³/mol. The van der Waals surface area contributed by atoms with E-state index < -0.39 is 12.1 Å². The summed E-state index contributed by atoms with van der Waals surface area (Å²) in [4.78, 5) is 26.0. The molecule has 0 bridgehead atoms. The van der Waals surface area contributed by atoms with Gasteiger partial charge in [-0.25, -0.2) is 9.48 Å². The van der Waals surface area contributed by atoms with E-state index in [1.165, 1.54) is 5.56 Å². The van der Waals surface area contributed by atoms with Crippen LogP contribution in [0.2, 0.25) is 0 Å². The number of hydrogen-bond donors (Lipinski definition) is 2. The molecule has 0 aliphatic carbocycles. The van der Waals surface area contributed by atoms with Gasteiger partial charge >= 0.3 is 12.1 Å². The maximum atomic E-state index is 12.7. The minimum Gasteiger partial charge on any atom is -0.475 e. The lowest BCUT2D eigenvalue weighted by Crippen LogP contribution is -2.72. The molecule has 8 nitrogen and oxygen atoms in total. The summed E-state index contributed by atoms with van der Waals surface area (Å²) >= 11 is 0. The molecule has 2 aromatic carbocycles. The molecule has 2 saturated heterocycles. The number of aromatic nitrogens is 2. The van der Waals surface area contributed by atoms with Crippen LogP contribution in [0, 0.1) is 5.41 Å². The summed E-state index contributed by atoms with van der Waals surface area (Å²) in [6.07, 6.45) is -5.08. The van der Waals surface area contributed by atoms with Crippen LogP contribution in [0.4, 0.5) is 19.0 Å². The number of benzene rings is 2. The molecule has 11 heteroatoms. The largest absolute Gasteiger partial charge is 0.490 e. The third kappa shape index (κ3) is 5.85. The zero-order valence-electron chi connectivity index (χ0n) is 19.4. The summed E-state index contributed by atoms with van der Waals surface area (Å²) in [6.45, 7) is 4.99. The first-order valence-electron chi connectivity index (χ1n) is 11.3. The standard InChI is InChI=1S/C23H25N5O.C2HF3O2/c24-21-11-20(19-9-5-2-6-10-19)25-28(21)13-22(29)27-16-23(17-27)14-26(15-23)12-18-7-3-1-4-8-18;3-2(4,5)1(6)7/h1-11H,12-17,24H2;(H,6,7). The topological polar surface area (TPSA) is 105 Å². The van der Waals surface area contributed by atoms with Crippen LogP contribution < -0.4 is 5.73 Å². The quantitative estimate of drug-likeness (QED) is 0.557. The molecule has 190 valence electrons. The van der Waals surface area contributed by atoms with Crippen molar-refractivity contribution < 1.29 is 27.9 Å². The summed E-state index contributed by atoms with van der Waals surface area (Å²) in [7, 11) is 0. The minimum atomic E-state index is -5.08. The third-order valence-corrected chi connectivity index (χ3v) is 6.18. The van der Waals surface area contributed by atoms with Gasteiger partial charge in [-0.1, -0.05) is 60.7 Å². The first-order valence-corrected chi connectivity index (χ1v) is 11.3. The van der Waals surface area contributed by atoms with Crippen LogP contribution in [0.5, 0.6) is 0 Å². The number of rotatable bonds is 5. The number of anilines is 1. The van der Waals surface area contributed by atoms with Gasteiger partial charge in [0.05, 0.1) is 5.69 Å². The first kappa shape index (κ1) is 25.2. The van der Waals surface area contributed by atoms with Gasteiger partial charge in [-0.15, -0.1) is 0 Å². The molecule has 2 aliphatic rings. The number of likely N-dealkylation sites (tertiary alicyclic amines) is 2. The monoisotopic (exact) mass is 501 g/mol. The molecule has 0 unspecified atom stereocenters. The van der Waals surface area contributed by atoms with E-state index in [2.05, 4.69) is 34.3 Å². The van der Waals surface area contributed by atoms with Gasteiger partial charge in [0.2, 0.25) is 5.91 Å². The highest BCUT2D eigenvalue weighted by Crippen LogP contribution is 2.40. The van der Waals surface area contributed by atoms with Crippen molar-refractivity contribution in [2.75, 3.05) is 31.9 Å². The Morgan fingerprint density at radius 1 is 0.972 bits per heavy atom. The smallest absolute Gasteiger partial charge is 0.475 e. The van der Waals surface area contributed by atoms with E-state index in [0.717, 1.165) is 44.0 Å². The zero-order valence-corrected chi connectivity index (χ0v) is 19.4. The Kier molecular flexibility index (Phi) is 7.02. The lowest BCUT2D eigenvalue weighted by atomic mass is 9.72. The number of nitrogens with zero attached hydrogens (tertiary/aromatic N) is 4. The van der Waals surface area contributed by atoms with Crippen molar-refractivity contribution in [2.45, 2.75) is 19.3 Å². The second kappa shape index (κ2) is 10.0. The Hall–Kier alpha value is -3.86. The van der Waals surface area contributed by atoms with E-state index in [4.69, 9.17) is 15.6 Å². The molecular weight excluding hydrogens is 475 g/mol. The number of carbonyl (C=O) groups excluding carboxylic acids is 1. The second-order valence-corrected chi connectivity index (χ2v) is 9.16. The summed E-state index contributed by atoms with van der Waals surface area (Å²) in [5.41, 5.74) is 9.52. The van der Waals surface area contributed by atoms with Gasteiger partial charge in [-0.2, -0.15) is 18.3 Å². The molecular formula is C25H26F3N5O3. The van der Waals surface area contributed by atoms with Crippen molar-refractivity contribution >= 4 is 17.7 Å². The molecule has 1 amide bonds. The highest BCUT2D eigenvalue weighted by atomic mass is 19.4. The van der Waals surface area contributed by atoms with E-state index in [-0.39, 0.29) is 17.9 Å². The van der Waals surface area contributed by atoms with Gasteiger partial charge in [0, 0.05) is 49.8 Å². The van der Waals surface area contributed by atoms with Gasteiger partial charge in [-0.3, -0.25) is 9.69 Å². The maximum Gasteiger partial charge on any atom is 0.490 e. The fourth-order valence-corrected chi connectivity index (χ4v) is 4.53. The lowest BCUT2D eigenvalue weighted by Gasteiger charge is -2.60. The van der Waals surface area contributed by atoms with Crippen LogP contribution in [0.25, 0.3) is 11.3 Å². The number of hydrogen-bond acceptors (Lipinski definition) is 5. The van der Waals surface area contributed by atoms with Crippen LogP contribution in [-0.4, -0.2) is 68.9 Å². The number of amides is 1. The molecule has 2 aliphatic heterocycles. The van der Waals surface area contributed by atoms with Gasteiger partial charge in [-0.05, 0) is 5.56 Å². The number of nitrogens with two attached hydrogens (primary N) is 1. The fourth-order valence-electron chi connectivity index (χ4n) is 4.53. The van der Waals surface area contributed by atoms with Crippen LogP contribution in [0.3, 0.4) is 0 Å². The molecule has 3 aromatic rings. The Bertz CT molecular complexity index is 1200. The van der Waals surface area contributed by atoms with Gasteiger partial charge in [0.15, 0.2) is 0 Å². The van der Waals surface area contributed by atoms with Crippen LogP contribution >= 0.6 is 0 Å². The molecule has 0 radical (unpaired) electrons. The zero-order chi connectivity index (χ0) is 25.9. The molecule has 1 aromatic heterocycles. The molecule has 36 heavy (non-hydrogen) atoms. The van der Waals surface area contributed by atoms with Crippen molar-refractivity contribution in [3.8, 4) is 11.3 Å². The van der Waals surface area contributed by atoms with Crippen molar-refractivity contribution in [3.63, 3.8) is 0 Å². The minimum absolute atomic E-state index is 0.0894. The number of nitrogen functional groups attached to an aromatic ring is 1. The molecule has 3 heterocycles. The van der Waals surface area contributed by atoms with Crippen molar-refractivity contribution in [1.82, 2.24) is 19.6 Å². The van der Waals surface area contributed by atoms with E-state index in [1.807, 2.05) is 47.4 Å². The van der Waals surface area contributed by atoms with Crippen molar-refractivity contribution in [3.05, 3.63) is 72.3 Å². The van der Waals surface area contributed by atoms with Gasteiger partial charge in [0.25, 0.3) is 0 Å². The molecule has 5 rings (SSSR count). The van der Waals surface area contributed by atoms with E-state index >= 15 is 0 Å².